The number of para-hydroxylation sites is 2. The standard InChI is InChI=1S/C28H35NO3/c1-19(28(30)24-8-4-5-9-26(24)31-2)32-27-10-6-3-7-23(27)21-13-15-29(16-14-21)25-18-20-11-12-22(25)17-20/h3-10,19-22,25H,11-18H2,1-2H3/t19?,20-,22-,25-/m0/s1. The molecule has 3 fully saturated rings. The number of piperidine rings is 1. The second-order valence-electron chi connectivity index (χ2n) is 9.91. The van der Waals surface area contributed by atoms with Crippen LogP contribution in [-0.4, -0.2) is 43.0 Å². The fraction of sp³-hybridized carbons (Fsp3) is 0.536. The third-order valence-corrected chi connectivity index (χ3v) is 8.10. The Bertz CT molecular complexity index is 949. The summed E-state index contributed by atoms with van der Waals surface area (Å²) >= 11 is 0. The molecule has 0 amide bonds. The highest BCUT2D eigenvalue weighted by molar-refractivity contribution is 6.01. The topological polar surface area (TPSA) is 38.8 Å². The first kappa shape index (κ1) is 21.5. The average molecular weight is 434 g/mol. The zero-order valence-corrected chi connectivity index (χ0v) is 19.3. The number of methoxy groups -OCH3 is 1. The number of nitrogens with zero attached hydrogens (tertiary/aromatic N) is 1. The zero-order valence-electron chi connectivity index (χ0n) is 19.3. The predicted octanol–water partition coefficient (Wildman–Crippen LogP) is 5.71. The summed E-state index contributed by atoms with van der Waals surface area (Å²) in [4.78, 5) is 15.8. The molecule has 1 saturated heterocycles. The van der Waals surface area contributed by atoms with Crippen molar-refractivity contribution in [2.75, 3.05) is 20.2 Å². The van der Waals surface area contributed by atoms with Gasteiger partial charge < -0.3 is 14.4 Å². The molecule has 1 unspecified atom stereocenters. The Morgan fingerprint density at radius 1 is 0.938 bits per heavy atom. The van der Waals surface area contributed by atoms with Crippen molar-refractivity contribution >= 4 is 5.78 Å². The van der Waals surface area contributed by atoms with Gasteiger partial charge in [0.2, 0.25) is 5.78 Å². The highest BCUT2D eigenvalue weighted by Gasteiger charge is 2.43. The van der Waals surface area contributed by atoms with Crippen molar-refractivity contribution in [2.45, 2.75) is 63.5 Å². The summed E-state index contributed by atoms with van der Waals surface area (Å²) in [5, 5.41) is 0. The first-order chi connectivity index (χ1) is 15.6. The first-order valence-electron chi connectivity index (χ1n) is 12.3. The van der Waals surface area contributed by atoms with E-state index in [9.17, 15) is 4.79 Å². The fourth-order valence-corrected chi connectivity index (χ4v) is 6.44. The lowest BCUT2D eigenvalue weighted by molar-refractivity contribution is 0.0809. The number of carbonyl (C=O) groups excluding carboxylic acids is 1. The summed E-state index contributed by atoms with van der Waals surface area (Å²) in [5.41, 5.74) is 1.82. The van der Waals surface area contributed by atoms with Crippen molar-refractivity contribution in [1.29, 1.82) is 0 Å². The van der Waals surface area contributed by atoms with E-state index in [1.54, 1.807) is 13.2 Å². The largest absolute Gasteiger partial charge is 0.496 e. The Morgan fingerprint density at radius 2 is 1.66 bits per heavy atom. The minimum atomic E-state index is -0.568. The molecule has 2 bridgehead atoms. The van der Waals surface area contributed by atoms with Crippen LogP contribution in [0.4, 0.5) is 0 Å². The number of Topliss-reactive ketones (excluding diaryl/α,β-unsaturated/α-hetero) is 1. The van der Waals surface area contributed by atoms with E-state index in [2.05, 4.69) is 17.0 Å². The van der Waals surface area contributed by atoms with Gasteiger partial charge in [-0.25, -0.2) is 0 Å². The lowest BCUT2D eigenvalue weighted by atomic mass is 9.86. The molecule has 2 aliphatic carbocycles. The van der Waals surface area contributed by atoms with E-state index in [1.807, 2.05) is 37.3 Å². The predicted molar refractivity (Wildman–Crippen MR) is 127 cm³/mol. The SMILES string of the molecule is COc1ccccc1C(=O)C(C)Oc1ccccc1C1CCN([C@H]2C[C@H]3CC[C@H]2C3)CC1. The van der Waals surface area contributed by atoms with Crippen LogP contribution in [0, 0.1) is 11.8 Å². The number of hydrogen-bond donors (Lipinski definition) is 0. The van der Waals surface area contributed by atoms with Crippen molar-refractivity contribution in [3.63, 3.8) is 0 Å². The molecular formula is C28H35NO3. The van der Waals surface area contributed by atoms with Gasteiger partial charge in [-0.3, -0.25) is 4.79 Å². The van der Waals surface area contributed by atoms with Gasteiger partial charge in [-0.1, -0.05) is 36.8 Å². The van der Waals surface area contributed by atoms with E-state index in [4.69, 9.17) is 9.47 Å². The fourth-order valence-electron chi connectivity index (χ4n) is 6.44. The van der Waals surface area contributed by atoms with Gasteiger partial charge in [-0.2, -0.15) is 0 Å². The van der Waals surface area contributed by atoms with Crippen LogP contribution in [0.5, 0.6) is 11.5 Å². The van der Waals surface area contributed by atoms with E-state index in [0.29, 0.717) is 17.2 Å². The number of carbonyl (C=O) groups is 1. The molecule has 0 radical (unpaired) electrons. The summed E-state index contributed by atoms with van der Waals surface area (Å²) in [7, 11) is 1.59. The molecule has 2 saturated carbocycles. The highest BCUT2D eigenvalue weighted by Crippen LogP contribution is 2.48. The van der Waals surface area contributed by atoms with Gasteiger partial charge in [0.05, 0.1) is 12.7 Å². The van der Waals surface area contributed by atoms with Crippen molar-refractivity contribution in [1.82, 2.24) is 4.90 Å². The van der Waals surface area contributed by atoms with Gasteiger partial charge >= 0.3 is 0 Å². The monoisotopic (exact) mass is 433 g/mol. The average Bonchev–Trinajstić information content (AvgIpc) is 3.48. The Labute approximate surface area is 191 Å². The van der Waals surface area contributed by atoms with E-state index in [0.717, 1.165) is 23.6 Å². The number of fused-ring (bicyclic) bond motifs is 2. The highest BCUT2D eigenvalue weighted by atomic mass is 16.5. The van der Waals surface area contributed by atoms with Gasteiger partial charge in [-0.05, 0) is 93.6 Å². The minimum Gasteiger partial charge on any atom is -0.496 e. The summed E-state index contributed by atoms with van der Waals surface area (Å²) in [6.45, 7) is 4.20. The molecule has 170 valence electrons. The van der Waals surface area contributed by atoms with Crippen molar-refractivity contribution < 1.29 is 14.3 Å². The molecule has 5 rings (SSSR count). The lowest BCUT2D eigenvalue weighted by Gasteiger charge is -2.40. The number of ketones is 1. The number of benzene rings is 2. The van der Waals surface area contributed by atoms with E-state index < -0.39 is 6.10 Å². The Balaban J connectivity index is 1.25. The number of hydrogen-bond acceptors (Lipinski definition) is 4. The smallest absolute Gasteiger partial charge is 0.206 e. The molecule has 3 aliphatic rings. The molecular weight excluding hydrogens is 398 g/mol. The number of ether oxygens (including phenoxy) is 2. The van der Waals surface area contributed by atoms with Crippen molar-refractivity contribution in [3.05, 3.63) is 59.7 Å². The van der Waals surface area contributed by atoms with Crippen LogP contribution >= 0.6 is 0 Å². The molecule has 2 aromatic rings. The summed E-state index contributed by atoms with van der Waals surface area (Å²) in [6.07, 6.45) is 7.59. The van der Waals surface area contributed by atoms with E-state index in [-0.39, 0.29) is 5.78 Å². The maximum atomic E-state index is 13.1. The van der Waals surface area contributed by atoms with Crippen LogP contribution in [0.25, 0.3) is 0 Å². The van der Waals surface area contributed by atoms with Crippen LogP contribution in [0.2, 0.25) is 0 Å². The summed E-state index contributed by atoms with van der Waals surface area (Å²) in [5.74, 6) is 3.84. The maximum Gasteiger partial charge on any atom is 0.206 e. The second kappa shape index (κ2) is 9.27. The molecule has 32 heavy (non-hydrogen) atoms. The van der Waals surface area contributed by atoms with Crippen LogP contribution < -0.4 is 9.47 Å². The number of rotatable bonds is 7. The molecule has 1 aliphatic heterocycles. The van der Waals surface area contributed by atoms with Crippen LogP contribution in [-0.2, 0) is 0 Å². The van der Waals surface area contributed by atoms with Gasteiger partial charge in [0.15, 0.2) is 6.10 Å². The van der Waals surface area contributed by atoms with E-state index in [1.165, 1.54) is 57.2 Å². The quantitative estimate of drug-likeness (QED) is 0.524. The van der Waals surface area contributed by atoms with Gasteiger partial charge in [-0.15, -0.1) is 0 Å². The van der Waals surface area contributed by atoms with E-state index >= 15 is 0 Å². The molecule has 0 aromatic heterocycles. The third kappa shape index (κ3) is 4.17. The van der Waals surface area contributed by atoms with Crippen LogP contribution in [0.3, 0.4) is 0 Å². The van der Waals surface area contributed by atoms with Crippen molar-refractivity contribution in [2.24, 2.45) is 11.8 Å². The van der Waals surface area contributed by atoms with Crippen LogP contribution in [0.15, 0.2) is 48.5 Å². The maximum absolute atomic E-state index is 13.1. The molecule has 4 heteroatoms. The Hall–Kier alpha value is -2.33. The van der Waals surface area contributed by atoms with Gasteiger partial charge in [0.25, 0.3) is 0 Å². The molecule has 1 heterocycles. The summed E-state index contributed by atoms with van der Waals surface area (Å²) in [6, 6.07) is 16.5. The Morgan fingerprint density at radius 3 is 2.34 bits per heavy atom. The van der Waals surface area contributed by atoms with Gasteiger partial charge in [0.1, 0.15) is 11.5 Å². The first-order valence-corrected chi connectivity index (χ1v) is 12.3. The summed E-state index contributed by atoms with van der Waals surface area (Å²) < 4.78 is 11.6. The minimum absolute atomic E-state index is 0.0524. The third-order valence-electron chi connectivity index (χ3n) is 8.10. The zero-order chi connectivity index (χ0) is 22.1. The normalized spacial score (nSPS) is 26.8. The molecule has 2 aromatic carbocycles. The molecule has 4 nitrogen and oxygen atoms in total. The lowest BCUT2D eigenvalue weighted by Crippen LogP contribution is -2.43. The van der Waals surface area contributed by atoms with Gasteiger partial charge in [0, 0.05) is 6.04 Å². The van der Waals surface area contributed by atoms with Crippen molar-refractivity contribution in [3.8, 4) is 11.5 Å². The Kier molecular flexibility index (Phi) is 6.23. The van der Waals surface area contributed by atoms with Crippen LogP contribution in [0.1, 0.15) is 67.3 Å². The molecule has 0 spiro atoms. The molecule has 4 atom stereocenters. The number of likely N-dealkylation sites (tertiary alicyclic amines) is 1. The molecule has 0 N–H and O–H groups in total. The second-order valence-corrected chi connectivity index (χ2v) is 9.91.